The fraction of sp³-hybridized carbons (Fsp3) is 0.600. The molecule has 1 rings (SSSR count). The van der Waals surface area contributed by atoms with E-state index >= 15 is 0 Å². The lowest BCUT2D eigenvalue weighted by molar-refractivity contribution is -0.184. The number of halogens is 7. The quantitative estimate of drug-likeness (QED) is 0.501. The first-order chi connectivity index (χ1) is 6.87. The molecule has 1 unspecified atom stereocenters. The number of alkyl halides is 6. The van der Waals surface area contributed by atoms with Gasteiger partial charge in [0, 0.05) is 0 Å². The molecule has 0 aliphatic carbocycles. The SMILES string of the molecule is O=S1(=O)OC(C(F)(F)F)C(F)=C1C(F)(F)F. The topological polar surface area (TPSA) is 43.4 Å². The van der Waals surface area contributed by atoms with Crippen LogP contribution < -0.4 is 0 Å². The molecule has 0 amide bonds. The lowest BCUT2D eigenvalue weighted by Crippen LogP contribution is -2.30. The second-order valence-electron chi connectivity index (χ2n) is 2.65. The average Bonchev–Trinajstić information content (AvgIpc) is 2.17. The molecule has 0 aromatic rings. The largest absolute Gasteiger partial charge is 0.432 e. The van der Waals surface area contributed by atoms with Crippen molar-refractivity contribution < 1.29 is 43.3 Å². The summed E-state index contributed by atoms with van der Waals surface area (Å²) in [4.78, 5) is -2.94. The monoisotopic (exact) mass is 274 g/mol. The van der Waals surface area contributed by atoms with Crippen LogP contribution in [-0.2, 0) is 14.3 Å². The first-order valence-corrected chi connectivity index (χ1v) is 4.75. The molecular formula is C5HF7O3S. The van der Waals surface area contributed by atoms with Gasteiger partial charge in [0.25, 0.3) is 0 Å². The summed E-state index contributed by atoms with van der Waals surface area (Å²) in [7, 11) is -5.77. The Labute approximate surface area is 83.6 Å². The molecule has 3 nitrogen and oxygen atoms in total. The molecule has 1 aliphatic rings. The maximum absolute atomic E-state index is 12.7. The first-order valence-electron chi connectivity index (χ1n) is 3.34. The standard InChI is InChI=1S/C5HF7O3S/c6-1-2(4(7,8)9)15-16(13,14)3(1)5(10,11)12/h2H. The third kappa shape index (κ3) is 2.14. The molecule has 1 atom stereocenters. The third-order valence-electron chi connectivity index (χ3n) is 1.47. The Morgan fingerprint density at radius 1 is 1.06 bits per heavy atom. The molecule has 94 valence electrons. The van der Waals surface area contributed by atoms with Crippen LogP contribution in [0.2, 0.25) is 0 Å². The van der Waals surface area contributed by atoms with Crippen molar-refractivity contribution in [3.63, 3.8) is 0 Å². The van der Waals surface area contributed by atoms with Gasteiger partial charge in [0.1, 0.15) is 0 Å². The Balaban J connectivity index is 3.38. The van der Waals surface area contributed by atoms with Crippen molar-refractivity contribution >= 4 is 10.1 Å². The maximum Gasteiger partial charge on any atom is 0.432 e. The minimum atomic E-state index is -5.77. The molecule has 0 bridgehead atoms. The van der Waals surface area contributed by atoms with Gasteiger partial charge in [-0.15, -0.1) is 0 Å². The zero-order valence-electron chi connectivity index (χ0n) is 6.86. The van der Waals surface area contributed by atoms with Crippen LogP contribution in [0.25, 0.3) is 0 Å². The highest BCUT2D eigenvalue weighted by molar-refractivity contribution is 7.91. The van der Waals surface area contributed by atoms with Crippen LogP contribution in [0.15, 0.2) is 10.7 Å². The lowest BCUT2D eigenvalue weighted by atomic mass is 10.3. The van der Waals surface area contributed by atoms with Crippen LogP contribution in [0, 0.1) is 0 Å². The Morgan fingerprint density at radius 2 is 1.50 bits per heavy atom. The molecule has 0 saturated heterocycles. The van der Waals surface area contributed by atoms with E-state index in [0.29, 0.717) is 0 Å². The van der Waals surface area contributed by atoms with E-state index in [-0.39, 0.29) is 0 Å². The molecule has 0 radical (unpaired) electrons. The average molecular weight is 274 g/mol. The van der Waals surface area contributed by atoms with Gasteiger partial charge < -0.3 is 0 Å². The minimum Gasteiger partial charge on any atom is -0.246 e. The number of allylic oxidation sites excluding steroid dienone is 1. The van der Waals surface area contributed by atoms with Gasteiger partial charge in [0.2, 0.25) is 11.0 Å². The van der Waals surface area contributed by atoms with Gasteiger partial charge in [0.15, 0.2) is 5.83 Å². The Morgan fingerprint density at radius 3 is 1.69 bits per heavy atom. The van der Waals surface area contributed by atoms with Crippen LogP contribution in [0.1, 0.15) is 0 Å². The summed E-state index contributed by atoms with van der Waals surface area (Å²) >= 11 is 0. The number of hydrogen-bond acceptors (Lipinski definition) is 3. The van der Waals surface area contributed by atoms with E-state index in [1.165, 1.54) is 0 Å². The van der Waals surface area contributed by atoms with Crippen molar-refractivity contribution in [2.45, 2.75) is 18.5 Å². The van der Waals surface area contributed by atoms with Gasteiger partial charge in [-0.05, 0) is 0 Å². The van der Waals surface area contributed by atoms with Gasteiger partial charge in [-0.1, -0.05) is 0 Å². The predicted molar refractivity (Wildman–Crippen MR) is 34.0 cm³/mol. The zero-order valence-corrected chi connectivity index (χ0v) is 7.67. The fourth-order valence-corrected chi connectivity index (χ4v) is 2.10. The molecule has 1 heterocycles. The zero-order chi connectivity index (χ0) is 12.9. The molecule has 0 aromatic heterocycles. The smallest absolute Gasteiger partial charge is 0.246 e. The fourth-order valence-electron chi connectivity index (χ4n) is 0.931. The highest BCUT2D eigenvalue weighted by Gasteiger charge is 2.61. The maximum atomic E-state index is 12.7. The van der Waals surface area contributed by atoms with E-state index in [1.807, 2.05) is 0 Å². The molecule has 0 fully saturated rings. The number of hydrogen-bond donors (Lipinski definition) is 0. The van der Waals surface area contributed by atoms with Crippen molar-refractivity contribution in [2.75, 3.05) is 0 Å². The molecule has 11 heteroatoms. The predicted octanol–water partition coefficient (Wildman–Crippen LogP) is 2.02. The van der Waals surface area contributed by atoms with Crippen LogP contribution in [0.4, 0.5) is 30.7 Å². The van der Waals surface area contributed by atoms with Gasteiger partial charge in [-0.2, -0.15) is 34.8 Å². The summed E-state index contributed by atoms with van der Waals surface area (Å²) in [6.07, 6.45) is -15.1. The van der Waals surface area contributed by atoms with Crippen molar-refractivity contribution in [2.24, 2.45) is 0 Å². The summed E-state index contributed by atoms with van der Waals surface area (Å²) in [5.74, 6) is -2.90. The second kappa shape index (κ2) is 3.32. The van der Waals surface area contributed by atoms with Gasteiger partial charge in [-0.25, -0.2) is 8.57 Å². The Hall–Kier alpha value is -0.840. The van der Waals surface area contributed by atoms with Gasteiger partial charge in [0.05, 0.1) is 0 Å². The lowest BCUT2D eigenvalue weighted by Gasteiger charge is -2.11. The van der Waals surface area contributed by atoms with Crippen molar-refractivity contribution in [3.05, 3.63) is 10.7 Å². The van der Waals surface area contributed by atoms with Crippen LogP contribution in [-0.4, -0.2) is 26.9 Å². The summed E-state index contributed by atoms with van der Waals surface area (Å²) in [5, 5.41) is 0. The van der Waals surface area contributed by atoms with Crippen molar-refractivity contribution in [1.82, 2.24) is 0 Å². The van der Waals surface area contributed by atoms with E-state index in [4.69, 9.17) is 0 Å². The van der Waals surface area contributed by atoms with E-state index < -0.39 is 39.3 Å². The van der Waals surface area contributed by atoms with Crippen LogP contribution >= 0.6 is 0 Å². The number of rotatable bonds is 0. The van der Waals surface area contributed by atoms with E-state index in [1.54, 1.807) is 0 Å². The summed E-state index contributed by atoms with van der Waals surface area (Å²) < 4.78 is 108. The summed E-state index contributed by atoms with van der Waals surface area (Å²) in [6.45, 7) is 0. The van der Waals surface area contributed by atoms with Gasteiger partial charge in [-0.3, -0.25) is 0 Å². The van der Waals surface area contributed by atoms with Crippen LogP contribution in [0.5, 0.6) is 0 Å². The van der Waals surface area contributed by atoms with Crippen LogP contribution in [0.3, 0.4) is 0 Å². The summed E-state index contributed by atoms with van der Waals surface area (Å²) in [6, 6.07) is 0. The van der Waals surface area contributed by atoms with E-state index in [9.17, 15) is 39.2 Å². The molecule has 0 saturated carbocycles. The van der Waals surface area contributed by atoms with Crippen molar-refractivity contribution in [3.8, 4) is 0 Å². The van der Waals surface area contributed by atoms with E-state index in [2.05, 4.69) is 4.18 Å². The van der Waals surface area contributed by atoms with Crippen molar-refractivity contribution in [1.29, 1.82) is 0 Å². The molecule has 0 N–H and O–H groups in total. The second-order valence-corrected chi connectivity index (χ2v) is 4.16. The molecule has 1 aliphatic heterocycles. The van der Waals surface area contributed by atoms with Gasteiger partial charge >= 0.3 is 22.5 Å². The summed E-state index contributed by atoms with van der Waals surface area (Å²) in [5.41, 5.74) is 0. The normalized spacial score (nSPS) is 26.3. The Kier molecular flexibility index (Phi) is 2.75. The highest BCUT2D eigenvalue weighted by Crippen LogP contribution is 2.45. The minimum absolute atomic E-state index is 2.90. The molecular weight excluding hydrogens is 273 g/mol. The Bertz CT molecular complexity index is 428. The molecule has 16 heavy (non-hydrogen) atoms. The highest BCUT2D eigenvalue weighted by atomic mass is 32.2. The molecule has 0 aromatic carbocycles. The van der Waals surface area contributed by atoms with E-state index in [0.717, 1.165) is 0 Å². The first kappa shape index (κ1) is 13.2. The third-order valence-corrected chi connectivity index (χ3v) is 2.85. The molecule has 0 spiro atoms.